The van der Waals surface area contributed by atoms with Gasteiger partial charge in [0.05, 0.1) is 7.11 Å². The number of rotatable bonds is 10. The van der Waals surface area contributed by atoms with E-state index in [0.29, 0.717) is 18.0 Å². The molecule has 0 radical (unpaired) electrons. The average Bonchev–Trinajstić information content (AvgIpc) is 3.34. The van der Waals surface area contributed by atoms with Gasteiger partial charge in [0.25, 0.3) is 0 Å². The molecule has 0 spiro atoms. The molecule has 3 rings (SSSR count). The fourth-order valence-electron chi connectivity index (χ4n) is 3.19. The molecule has 1 aliphatic heterocycles. The Morgan fingerprint density at radius 3 is 2.69 bits per heavy atom. The summed E-state index contributed by atoms with van der Waals surface area (Å²) < 4.78 is 11.3. The van der Waals surface area contributed by atoms with Crippen LogP contribution < -0.4 is 14.8 Å². The topological polar surface area (TPSA) is 54.0 Å². The smallest absolute Gasteiger partial charge is 0.161 e. The van der Waals surface area contributed by atoms with Crippen LogP contribution in [0.15, 0.2) is 35.0 Å². The second-order valence-corrected chi connectivity index (χ2v) is 7.47. The van der Waals surface area contributed by atoms with E-state index in [2.05, 4.69) is 27.0 Å². The summed E-state index contributed by atoms with van der Waals surface area (Å²) in [6.07, 6.45) is 1.96. The Hall–Kier alpha value is -1.60. The largest absolute Gasteiger partial charge is 0.493 e. The van der Waals surface area contributed by atoms with Crippen molar-refractivity contribution in [3.63, 3.8) is 0 Å². The summed E-state index contributed by atoms with van der Waals surface area (Å²) in [6.45, 7) is 4.70. The summed E-state index contributed by atoms with van der Waals surface area (Å²) in [5.74, 6) is 1.38. The summed E-state index contributed by atoms with van der Waals surface area (Å²) in [4.78, 5) is 2.29. The van der Waals surface area contributed by atoms with Crippen LogP contribution in [-0.2, 0) is 13.1 Å². The minimum absolute atomic E-state index is 0.276. The maximum absolute atomic E-state index is 10.2. The van der Waals surface area contributed by atoms with Crippen molar-refractivity contribution in [3.8, 4) is 11.5 Å². The van der Waals surface area contributed by atoms with E-state index < -0.39 is 6.10 Å². The number of hydrogen-bond donors (Lipinski definition) is 2. The Kier molecular flexibility index (Phi) is 7.32. The van der Waals surface area contributed by atoms with Crippen LogP contribution in [0.3, 0.4) is 0 Å². The molecule has 0 saturated carbocycles. The Bertz CT molecular complexity index is 657. The van der Waals surface area contributed by atoms with Crippen LogP contribution in [0.2, 0.25) is 0 Å². The first-order chi connectivity index (χ1) is 12.7. The van der Waals surface area contributed by atoms with Gasteiger partial charge in [0.1, 0.15) is 12.7 Å². The summed E-state index contributed by atoms with van der Waals surface area (Å²) in [6, 6.07) is 8.07. The molecule has 2 heterocycles. The second-order valence-electron chi connectivity index (χ2n) is 6.69. The van der Waals surface area contributed by atoms with Gasteiger partial charge in [0, 0.05) is 19.6 Å². The van der Waals surface area contributed by atoms with Crippen molar-refractivity contribution in [2.75, 3.05) is 33.4 Å². The molecule has 26 heavy (non-hydrogen) atoms. The molecule has 5 nitrogen and oxygen atoms in total. The van der Waals surface area contributed by atoms with E-state index in [1.807, 2.05) is 18.2 Å². The van der Waals surface area contributed by atoms with Crippen LogP contribution in [0, 0.1) is 0 Å². The van der Waals surface area contributed by atoms with Gasteiger partial charge in [0.15, 0.2) is 11.5 Å². The Labute approximate surface area is 159 Å². The van der Waals surface area contributed by atoms with Crippen molar-refractivity contribution in [3.05, 3.63) is 46.2 Å². The highest BCUT2D eigenvalue weighted by Crippen LogP contribution is 2.28. The molecule has 1 aromatic carbocycles. The summed E-state index contributed by atoms with van der Waals surface area (Å²) in [7, 11) is 1.64. The third-order valence-electron chi connectivity index (χ3n) is 4.57. The zero-order chi connectivity index (χ0) is 18.2. The lowest BCUT2D eigenvalue weighted by molar-refractivity contribution is 0.0746. The minimum atomic E-state index is -0.488. The van der Waals surface area contributed by atoms with Crippen molar-refractivity contribution < 1.29 is 14.6 Å². The number of likely N-dealkylation sites (tertiary alicyclic amines) is 1. The number of aliphatic hydroxyl groups excluding tert-OH is 1. The quantitative estimate of drug-likeness (QED) is 0.668. The van der Waals surface area contributed by atoms with Crippen molar-refractivity contribution in [1.29, 1.82) is 0 Å². The fraction of sp³-hybridized carbons (Fsp3) is 0.500. The third-order valence-corrected chi connectivity index (χ3v) is 5.30. The maximum Gasteiger partial charge on any atom is 0.161 e. The van der Waals surface area contributed by atoms with Crippen LogP contribution in [0.4, 0.5) is 0 Å². The highest BCUT2D eigenvalue weighted by Gasteiger charge is 2.17. The van der Waals surface area contributed by atoms with E-state index in [1.165, 1.54) is 18.4 Å². The van der Waals surface area contributed by atoms with Crippen molar-refractivity contribution in [1.82, 2.24) is 10.2 Å². The van der Waals surface area contributed by atoms with Gasteiger partial charge < -0.3 is 24.8 Å². The molecule has 1 aromatic heterocycles. The molecule has 0 aliphatic carbocycles. The van der Waals surface area contributed by atoms with E-state index in [0.717, 1.165) is 31.7 Å². The molecule has 1 aliphatic rings. The molecule has 1 fully saturated rings. The van der Waals surface area contributed by atoms with E-state index in [9.17, 15) is 5.11 Å². The molecule has 1 saturated heterocycles. The van der Waals surface area contributed by atoms with Gasteiger partial charge in [-0.15, -0.1) is 0 Å². The second kappa shape index (κ2) is 9.92. The molecule has 2 aromatic rings. The van der Waals surface area contributed by atoms with Gasteiger partial charge >= 0.3 is 0 Å². The van der Waals surface area contributed by atoms with Crippen molar-refractivity contribution in [2.45, 2.75) is 32.0 Å². The monoisotopic (exact) mass is 376 g/mol. The number of benzene rings is 1. The molecule has 0 bridgehead atoms. The first-order valence-electron chi connectivity index (χ1n) is 9.16. The molecular weight excluding hydrogens is 348 g/mol. The van der Waals surface area contributed by atoms with Crippen LogP contribution in [0.25, 0.3) is 0 Å². The summed E-state index contributed by atoms with van der Waals surface area (Å²) >= 11 is 1.71. The number of nitrogens with zero attached hydrogens (tertiary/aromatic N) is 1. The number of aliphatic hydroxyl groups is 1. The Morgan fingerprint density at radius 2 is 1.96 bits per heavy atom. The van der Waals surface area contributed by atoms with Gasteiger partial charge in [-0.25, -0.2) is 0 Å². The highest BCUT2D eigenvalue weighted by atomic mass is 32.1. The number of hydrogen-bond acceptors (Lipinski definition) is 6. The number of methoxy groups -OCH3 is 1. The highest BCUT2D eigenvalue weighted by molar-refractivity contribution is 7.07. The number of β-amino-alcohol motifs (C(OH)–C–C–N with tert-alkyl or cyclic N) is 1. The number of thiophene rings is 1. The lowest BCUT2D eigenvalue weighted by Crippen LogP contribution is -2.33. The molecule has 6 heteroatoms. The molecule has 1 atom stereocenters. The number of nitrogens with one attached hydrogen (secondary N) is 1. The van der Waals surface area contributed by atoms with E-state index >= 15 is 0 Å². The number of ether oxygens (including phenoxy) is 2. The normalized spacial score (nSPS) is 15.9. The molecule has 1 unspecified atom stereocenters. The predicted octanol–water partition coefficient (Wildman–Crippen LogP) is 2.88. The molecule has 0 amide bonds. The Morgan fingerprint density at radius 1 is 1.15 bits per heavy atom. The van der Waals surface area contributed by atoms with Gasteiger partial charge in [-0.05, 0) is 66.0 Å². The first-order valence-corrected chi connectivity index (χ1v) is 10.1. The standard InChI is InChI=1S/C20H28N2O3S/c1-24-19-5-4-16(11-21-12-17-6-9-26-15-17)10-20(19)25-14-18(23)13-22-7-2-3-8-22/h4-6,9-10,15,18,21,23H,2-3,7-8,11-14H2,1H3. The first kappa shape index (κ1) is 19.2. The fourth-order valence-corrected chi connectivity index (χ4v) is 3.86. The lowest BCUT2D eigenvalue weighted by Gasteiger charge is -2.20. The maximum atomic E-state index is 10.2. The zero-order valence-corrected chi connectivity index (χ0v) is 16.1. The third kappa shape index (κ3) is 5.71. The summed E-state index contributed by atoms with van der Waals surface area (Å²) in [5, 5.41) is 17.9. The van der Waals surface area contributed by atoms with Gasteiger partial charge in [-0.1, -0.05) is 6.07 Å². The molecular formula is C20H28N2O3S. The van der Waals surface area contributed by atoms with E-state index in [1.54, 1.807) is 18.4 Å². The summed E-state index contributed by atoms with van der Waals surface area (Å²) in [5.41, 5.74) is 2.43. The molecule has 2 N–H and O–H groups in total. The van der Waals surface area contributed by atoms with Crippen molar-refractivity contribution in [2.24, 2.45) is 0 Å². The molecule has 142 valence electrons. The van der Waals surface area contributed by atoms with Gasteiger partial charge in [-0.2, -0.15) is 11.3 Å². The van der Waals surface area contributed by atoms with Crippen LogP contribution >= 0.6 is 11.3 Å². The van der Waals surface area contributed by atoms with E-state index in [-0.39, 0.29) is 6.61 Å². The van der Waals surface area contributed by atoms with Gasteiger partial charge in [0.2, 0.25) is 0 Å². The van der Waals surface area contributed by atoms with Crippen LogP contribution in [-0.4, -0.2) is 49.5 Å². The average molecular weight is 377 g/mol. The predicted molar refractivity (Wildman–Crippen MR) is 105 cm³/mol. The van der Waals surface area contributed by atoms with Crippen LogP contribution in [0.1, 0.15) is 24.0 Å². The minimum Gasteiger partial charge on any atom is -0.493 e. The van der Waals surface area contributed by atoms with Gasteiger partial charge in [-0.3, -0.25) is 0 Å². The lowest BCUT2D eigenvalue weighted by atomic mass is 10.2. The van der Waals surface area contributed by atoms with Crippen LogP contribution in [0.5, 0.6) is 11.5 Å². The zero-order valence-electron chi connectivity index (χ0n) is 15.3. The Balaban J connectivity index is 1.51. The van der Waals surface area contributed by atoms with E-state index in [4.69, 9.17) is 9.47 Å². The van der Waals surface area contributed by atoms with Crippen molar-refractivity contribution >= 4 is 11.3 Å². The SMILES string of the molecule is COc1ccc(CNCc2ccsc2)cc1OCC(O)CN1CCCC1.